The molecule has 0 saturated heterocycles. The molecule has 0 aliphatic heterocycles. The standard InChI is InChI=1S/C16H15FN2S/c17-13-6-2-3-7-14(13)19-15(9-18)12-10-20-16-8-4-1-5-11(12)16/h1-8,10,15,19H,9,18H2. The van der Waals surface area contributed by atoms with Gasteiger partial charge in [-0.25, -0.2) is 4.39 Å². The summed E-state index contributed by atoms with van der Waals surface area (Å²) in [5.74, 6) is -0.259. The average molecular weight is 286 g/mol. The van der Waals surface area contributed by atoms with Crippen molar-refractivity contribution in [1.29, 1.82) is 0 Å². The van der Waals surface area contributed by atoms with Crippen molar-refractivity contribution in [2.75, 3.05) is 11.9 Å². The van der Waals surface area contributed by atoms with Crippen LogP contribution in [0.3, 0.4) is 0 Å². The number of rotatable bonds is 4. The largest absolute Gasteiger partial charge is 0.375 e. The Bertz CT molecular complexity index is 723. The molecule has 0 fully saturated rings. The zero-order valence-corrected chi connectivity index (χ0v) is 11.7. The second kappa shape index (κ2) is 5.61. The molecule has 4 heteroatoms. The lowest BCUT2D eigenvalue weighted by Crippen LogP contribution is -2.20. The van der Waals surface area contributed by atoms with Gasteiger partial charge in [-0.3, -0.25) is 0 Å². The molecule has 0 amide bonds. The van der Waals surface area contributed by atoms with E-state index in [1.54, 1.807) is 23.5 Å². The van der Waals surface area contributed by atoms with Crippen molar-refractivity contribution in [2.24, 2.45) is 5.73 Å². The van der Waals surface area contributed by atoms with Crippen LogP contribution in [0.2, 0.25) is 0 Å². The SMILES string of the molecule is NCC(Nc1ccccc1F)c1csc2ccccc12. The molecule has 0 saturated carbocycles. The summed E-state index contributed by atoms with van der Waals surface area (Å²) < 4.78 is 15.0. The highest BCUT2D eigenvalue weighted by atomic mass is 32.1. The molecule has 1 atom stereocenters. The fraction of sp³-hybridized carbons (Fsp3) is 0.125. The Hall–Kier alpha value is -1.91. The Balaban J connectivity index is 1.96. The zero-order chi connectivity index (χ0) is 13.9. The minimum absolute atomic E-state index is 0.0944. The predicted octanol–water partition coefficient (Wildman–Crippen LogP) is 4.15. The van der Waals surface area contributed by atoms with E-state index in [-0.39, 0.29) is 11.9 Å². The van der Waals surface area contributed by atoms with Crippen molar-refractivity contribution < 1.29 is 4.39 Å². The molecule has 3 rings (SSSR count). The molecule has 3 aromatic rings. The molecular formula is C16H15FN2S. The molecule has 0 bridgehead atoms. The van der Waals surface area contributed by atoms with Crippen molar-refractivity contribution >= 4 is 27.1 Å². The second-order valence-corrected chi connectivity index (χ2v) is 5.51. The monoisotopic (exact) mass is 286 g/mol. The van der Waals surface area contributed by atoms with E-state index in [0.29, 0.717) is 12.2 Å². The number of halogens is 1. The molecule has 0 aliphatic carbocycles. The van der Waals surface area contributed by atoms with Crippen LogP contribution in [0.25, 0.3) is 10.1 Å². The van der Waals surface area contributed by atoms with E-state index in [4.69, 9.17) is 5.73 Å². The second-order valence-electron chi connectivity index (χ2n) is 4.60. The van der Waals surface area contributed by atoms with Gasteiger partial charge in [-0.15, -0.1) is 11.3 Å². The molecule has 2 nitrogen and oxygen atoms in total. The molecular weight excluding hydrogens is 271 g/mol. The summed E-state index contributed by atoms with van der Waals surface area (Å²) in [6.45, 7) is 0.412. The fourth-order valence-electron chi connectivity index (χ4n) is 2.30. The van der Waals surface area contributed by atoms with Crippen molar-refractivity contribution in [3.8, 4) is 0 Å². The van der Waals surface area contributed by atoms with E-state index in [1.165, 1.54) is 16.2 Å². The third kappa shape index (κ3) is 2.40. The smallest absolute Gasteiger partial charge is 0.146 e. The van der Waals surface area contributed by atoms with Crippen molar-refractivity contribution in [2.45, 2.75) is 6.04 Å². The summed E-state index contributed by atoms with van der Waals surface area (Å²) in [5, 5.41) is 6.47. The van der Waals surface area contributed by atoms with Gasteiger partial charge in [0.05, 0.1) is 11.7 Å². The summed E-state index contributed by atoms with van der Waals surface area (Å²) in [5.41, 5.74) is 7.48. The van der Waals surface area contributed by atoms with Gasteiger partial charge in [-0.1, -0.05) is 30.3 Å². The lowest BCUT2D eigenvalue weighted by Gasteiger charge is -2.18. The lowest BCUT2D eigenvalue weighted by atomic mass is 10.1. The first-order valence-electron chi connectivity index (χ1n) is 6.47. The highest BCUT2D eigenvalue weighted by Gasteiger charge is 2.15. The van der Waals surface area contributed by atoms with Gasteiger partial charge in [0.1, 0.15) is 5.82 Å². The molecule has 1 aromatic heterocycles. The number of thiophene rings is 1. The van der Waals surface area contributed by atoms with E-state index in [1.807, 2.05) is 18.2 Å². The molecule has 20 heavy (non-hydrogen) atoms. The van der Waals surface area contributed by atoms with Gasteiger partial charge in [0, 0.05) is 11.2 Å². The van der Waals surface area contributed by atoms with Crippen LogP contribution in [0.1, 0.15) is 11.6 Å². The highest BCUT2D eigenvalue weighted by molar-refractivity contribution is 7.17. The number of benzene rings is 2. The first-order chi connectivity index (χ1) is 9.79. The number of anilines is 1. The fourth-order valence-corrected chi connectivity index (χ4v) is 3.31. The van der Waals surface area contributed by atoms with Crippen molar-refractivity contribution in [1.82, 2.24) is 0 Å². The van der Waals surface area contributed by atoms with Gasteiger partial charge < -0.3 is 11.1 Å². The van der Waals surface area contributed by atoms with Crippen LogP contribution in [0, 0.1) is 5.82 Å². The van der Waals surface area contributed by atoms with Gasteiger partial charge in [0.25, 0.3) is 0 Å². The number of hydrogen-bond acceptors (Lipinski definition) is 3. The quantitative estimate of drug-likeness (QED) is 0.756. The first-order valence-corrected chi connectivity index (χ1v) is 7.35. The Morgan fingerprint density at radius 1 is 1.10 bits per heavy atom. The molecule has 1 unspecified atom stereocenters. The predicted molar refractivity (Wildman–Crippen MR) is 83.6 cm³/mol. The molecule has 1 heterocycles. The van der Waals surface area contributed by atoms with E-state index >= 15 is 0 Å². The lowest BCUT2D eigenvalue weighted by molar-refractivity contribution is 0.626. The maximum Gasteiger partial charge on any atom is 0.146 e. The zero-order valence-electron chi connectivity index (χ0n) is 10.8. The van der Waals surface area contributed by atoms with Crippen LogP contribution >= 0.6 is 11.3 Å². The molecule has 0 radical (unpaired) electrons. The van der Waals surface area contributed by atoms with Crippen molar-refractivity contribution in [3.05, 3.63) is 65.3 Å². The molecule has 0 spiro atoms. The molecule has 0 aliphatic rings. The molecule has 102 valence electrons. The first kappa shape index (κ1) is 13.1. The maximum absolute atomic E-state index is 13.7. The Kier molecular flexibility index (Phi) is 3.67. The van der Waals surface area contributed by atoms with Crippen LogP contribution in [-0.4, -0.2) is 6.54 Å². The van der Waals surface area contributed by atoms with Gasteiger partial charge in [-0.05, 0) is 34.5 Å². The Labute approximate surface area is 121 Å². The summed E-state index contributed by atoms with van der Waals surface area (Å²) in [4.78, 5) is 0. The molecule has 3 N–H and O–H groups in total. The van der Waals surface area contributed by atoms with E-state index in [2.05, 4.69) is 22.8 Å². The van der Waals surface area contributed by atoms with Crippen LogP contribution < -0.4 is 11.1 Å². The summed E-state index contributed by atoms with van der Waals surface area (Å²) in [7, 11) is 0. The summed E-state index contributed by atoms with van der Waals surface area (Å²) >= 11 is 1.68. The number of nitrogens with one attached hydrogen (secondary N) is 1. The average Bonchev–Trinajstić information content (AvgIpc) is 2.90. The maximum atomic E-state index is 13.7. The molecule has 2 aromatic carbocycles. The van der Waals surface area contributed by atoms with Crippen LogP contribution in [0.4, 0.5) is 10.1 Å². The van der Waals surface area contributed by atoms with Crippen molar-refractivity contribution in [3.63, 3.8) is 0 Å². The number of nitrogens with two attached hydrogens (primary N) is 1. The number of para-hydroxylation sites is 1. The van der Waals surface area contributed by atoms with Gasteiger partial charge >= 0.3 is 0 Å². The van der Waals surface area contributed by atoms with Gasteiger partial charge in [0.2, 0.25) is 0 Å². The third-order valence-electron chi connectivity index (χ3n) is 3.33. The Morgan fingerprint density at radius 2 is 1.85 bits per heavy atom. The minimum Gasteiger partial charge on any atom is -0.375 e. The van der Waals surface area contributed by atoms with Gasteiger partial charge in [-0.2, -0.15) is 0 Å². The summed E-state index contributed by atoms with van der Waals surface area (Å²) in [6, 6.07) is 14.8. The number of hydrogen-bond donors (Lipinski definition) is 2. The third-order valence-corrected chi connectivity index (χ3v) is 4.31. The normalized spacial score (nSPS) is 12.5. The van der Waals surface area contributed by atoms with Crippen LogP contribution in [0.15, 0.2) is 53.9 Å². The van der Waals surface area contributed by atoms with E-state index < -0.39 is 0 Å². The van der Waals surface area contributed by atoms with E-state index in [0.717, 1.165) is 5.56 Å². The minimum atomic E-state index is -0.259. The van der Waals surface area contributed by atoms with Gasteiger partial charge in [0.15, 0.2) is 0 Å². The highest BCUT2D eigenvalue weighted by Crippen LogP contribution is 2.32. The number of fused-ring (bicyclic) bond motifs is 1. The Morgan fingerprint density at radius 3 is 2.65 bits per heavy atom. The van der Waals surface area contributed by atoms with E-state index in [9.17, 15) is 4.39 Å². The summed E-state index contributed by atoms with van der Waals surface area (Å²) in [6.07, 6.45) is 0. The van der Waals surface area contributed by atoms with Crippen LogP contribution in [-0.2, 0) is 0 Å². The topological polar surface area (TPSA) is 38.0 Å². The van der Waals surface area contributed by atoms with Crippen LogP contribution in [0.5, 0.6) is 0 Å².